The number of ketones is 1. The first kappa shape index (κ1) is 13.7. The molecule has 0 aromatic heterocycles. The molecule has 1 saturated heterocycles. The zero-order chi connectivity index (χ0) is 11.6. The van der Waals surface area contributed by atoms with Gasteiger partial charge in [-0.05, 0) is 12.8 Å². The third-order valence-corrected chi connectivity index (χ3v) is 3.41. The normalized spacial score (nSPS) is 20.2. The summed E-state index contributed by atoms with van der Waals surface area (Å²) in [6.07, 6.45) is 10.7. The van der Waals surface area contributed by atoms with E-state index in [0.717, 1.165) is 25.9 Å². The molecule has 2 nitrogen and oxygen atoms in total. The lowest BCUT2D eigenvalue weighted by Crippen LogP contribution is -2.13. The first-order valence-electron chi connectivity index (χ1n) is 6.95. The second kappa shape index (κ2) is 8.74. The van der Waals surface area contributed by atoms with Crippen LogP contribution in [0, 0.1) is 5.92 Å². The van der Waals surface area contributed by atoms with Gasteiger partial charge in [0.25, 0.3) is 0 Å². The molecule has 0 radical (unpaired) electrons. The second-order valence-electron chi connectivity index (χ2n) is 4.90. The van der Waals surface area contributed by atoms with Crippen LogP contribution >= 0.6 is 0 Å². The second-order valence-corrected chi connectivity index (χ2v) is 4.90. The Labute approximate surface area is 99.8 Å². The van der Waals surface area contributed by atoms with Gasteiger partial charge in [0.1, 0.15) is 5.78 Å². The highest BCUT2D eigenvalue weighted by Gasteiger charge is 2.22. The van der Waals surface area contributed by atoms with Gasteiger partial charge in [-0.25, -0.2) is 0 Å². The molecule has 0 bridgehead atoms. The summed E-state index contributed by atoms with van der Waals surface area (Å²) >= 11 is 0. The maximum absolute atomic E-state index is 11.7. The number of unbranched alkanes of at least 4 members (excludes halogenated alkanes) is 6. The maximum Gasteiger partial charge on any atom is 0.138 e. The van der Waals surface area contributed by atoms with Gasteiger partial charge in [-0.2, -0.15) is 0 Å². The average molecular weight is 226 g/mol. The van der Waals surface area contributed by atoms with E-state index in [2.05, 4.69) is 6.92 Å². The smallest absolute Gasteiger partial charge is 0.138 e. The Bertz CT molecular complexity index is 183. The standard InChI is InChI=1S/C14H26O2/c1-2-3-4-5-6-7-8-9-14(15)13-10-11-16-12-13/h13H,2-12H2,1H3. The lowest BCUT2D eigenvalue weighted by atomic mass is 9.98. The Morgan fingerprint density at radius 2 is 1.81 bits per heavy atom. The van der Waals surface area contributed by atoms with Crippen LogP contribution in [0.25, 0.3) is 0 Å². The fourth-order valence-corrected chi connectivity index (χ4v) is 2.25. The summed E-state index contributed by atoms with van der Waals surface area (Å²) < 4.78 is 5.23. The summed E-state index contributed by atoms with van der Waals surface area (Å²) in [5.41, 5.74) is 0. The Morgan fingerprint density at radius 3 is 2.44 bits per heavy atom. The van der Waals surface area contributed by atoms with E-state index in [9.17, 15) is 4.79 Å². The molecule has 1 aliphatic rings. The van der Waals surface area contributed by atoms with E-state index < -0.39 is 0 Å². The number of hydrogen-bond donors (Lipinski definition) is 0. The number of Topliss-reactive ketones (excluding diaryl/α,β-unsaturated/α-hetero) is 1. The van der Waals surface area contributed by atoms with Gasteiger partial charge in [0.15, 0.2) is 0 Å². The predicted molar refractivity (Wildman–Crippen MR) is 66.5 cm³/mol. The molecule has 0 N–H and O–H groups in total. The Morgan fingerprint density at radius 1 is 1.12 bits per heavy atom. The summed E-state index contributed by atoms with van der Waals surface area (Å²) in [5, 5.41) is 0. The molecule has 1 aliphatic heterocycles. The van der Waals surface area contributed by atoms with E-state index >= 15 is 0 Å². The van der Waals surface area contributed by atoms with Crippen LogP contribution in [0.3, 0.4) is 0 Å². The van der Waals surface area contributed by atoms with E-state index in [1.165, 1.54) is 38.5 Å². The summed E-state index contributed by atoms with van der Waals surface area (Å²) in [7, 11) is 0. The van der Waals surface area contributed by atoms with Gasteiger partial charge in [-0.1, -0.05) is 45.4 Å². The SMILES string of the molecule is CCCCCCCCCC(=O)C1CCOC1. The van der Waals surface area contributed by atoms with Gasteiger partial charge in [0.2, 0.25) is 0 Å². The molecule has 2 heteroatoms. The molecule has 1 unspecified atom stereocenters. The summed E-state index contributed by atoms with van der Waals surface area (Å²) in [6, 6.07) is 0. The van der Waals surface area contributed by atoms with Crippen molar-refractivity contribution in [3.63, 3.8) is 0 Å². The maximum atomic E-state index is 11.7. The van der Waals surface area contributed by atoms with Crippen molar-refractivity contribution < 1.29 is 9.53 Å². The van der Waals surface area contributed by atoms with Gasteiger partial charge >= 0.3 is 0 Å². The van der Waals surface area contributed by atoms with Gasteiger partial charge in [0.05, 0.1) is 6.61 Å². The fourth-order valence-electron chi connectivity index (χ4n) is 2.25. The lowest BCUT2D eigenvalue weighted by molar-refractivity contribution is -0.122. The first-order valence-corrected chi connectivity index (χ1v) is 6.95. The zero-order valence-corrected chi connectivity index (χ0v) is 10.7. The predicted octanol–water partition coefficient (Wildman–Crippen LogP) is 3.73. The highest BCUT2D eigenvalue weighted by molar-refractivity contribution is 5.81. The molecule has 0 aromatic carbocycles. The minimum Gasteiger partial charge on any atom is -0.381 e. The molecular formula is C14H26O2. The number of rotatable bonds is 9. The van der Waals surface area contributed by atoms with Crippen molar-refractivity contribution in [1.29, 1.82) is 0 Å². The van der Waals surface area contributed by atoms with Crippen LogP contribution in [-0.2, 0) is 9.53 Å². The molecule has 0 aliphatic carbocycles. The van der Waals surface area contributed by atoms with Crippen LogP contribution < -0.4 is 0 Å². The highest BCUT2D eigenvalue weighted by atomic mass is 16.5. The molecule has 0 aromatic rings. The van der Waals surface area contributed by atoms with Crippen molar-refractivity contribution in [2.24, 2.45) is 5.92 Å². The Hall–Kier alpha value is -0.370. The fraction of sp³-hybridized carbons (Fsp3) is 0.929. The zero-order valence-electron chi connectivity index (χ0n) is 10.7. The van der Waals surface area contributed by atoms with Gasteiger partial charge in [-0.15, -0.1) is 0 Å². The first-order chi connectivity index (χ1) is 7.84. The molecule has 1 fully saturated rings. The molecule has 0 saturated carbocycles. The minimum absolute atomic E-state index is 0.222. The van der Waals surface area contributed by atoms with Crippen LogP contribution in [0.2, 0.25) is 0 Å². The van der Waals surface area contributed by atoms with E-state index in [-0.39, 0.29) is 5.92 Å². The molecule has 16 heavy (non-hydrogen) atoms. The van der Waals surface area contributed by atoms with E-state index in [1.807, 2.05) is 0 Å². The number of carbonyl (C=O) groups excluding carboxylic acids is 1. The van der Waals surface area contributed by atoms with Crippen molar-refractivity contribution in [2.45, 2.75) is 64.7 Å². The van der Waals surface area contributed by atoms with Gasteiger partial charge in [-0.3, -0.25) is 4.79 Å². The number of hydrogen-bond acceptors (Lipinski definition) is 2. The molecule has 1 atom stereocenters. The van der Waals surface area contributed by atoms with Crippen LogP contribution in [0.4, 0.5) is 0 Å². The molecular weight excluding hydrogens is 200 g/mol. The number of ether oxygens (including phenoxy) is 1. The van der Waals surface area contributed by atoms with Crippen molar-refractivity contribution in [3.8, 4) is 0 Å². The van der Waals surface area contributed by atoms with Crippen LogP contribution in [0.1, 0.15) is 64.7 Å². The molecule has 1 heterocycles. The molecule has 0 amide bonds. The largest absolute Gasteiger partial charge is 0.381 e. The molecule has 1 rings (SSSR count). The van der Waals surface area contributed by atoms with Crippen LogP contribution in [0.5, 0.6) is 0 Å². The Kier molecular flexibility index (Phi) is 7.48. The average Bonchev–Trinajstić information content (AvgIpc) is 2.81. The summed E-state index contributed by atoms with van der Waals surface area (Å²) in [4.78, 5) is 11.7. The lowest BCUT2D eigenvalue weighted by Gasteiger charge is -2.06. The quantitative estimate of drug-likeness (QED) is 0.560. The van der Waals surface area contributed by atoms with Crippen LogP contribution in [0.15, 0.2) is 0 Å². The van der Waals surface area contributed by atoms with Crippen LogP contribution in [-0.4, -0.2) is 19.0 Å². The van der Waals surface area contributed by atoms with Crippen molar-refractivity contribution in [3.05, 3.63) is 0 Å². The minimum atomic E-state index is 0.222. The monoisotopic (exact) mass is 226 g/mol. The third-order valence-electron chi connectivity index (χ3n) is 3.41. The number of carbonyl (C=O) groups is 1. The highest BCUT2D eigenvalue weighted by Crippen LogP contribution is 2.17. The molecule has 94 valence electrons. The van der Waals surface area contributed by atoms with Gasteiger partial charge in [0, 0.05) is 18.9 Å². The van der Waals surface area contributed by atoms with Gasteiger partial charge < -0.3 is 4.74 Å². The van der Waals surface area contributed by atoms with Crippen molar-refractivity contribution in [2.75, 3.05) is 13.2 Å². The summed E-state index contributed by atoms with van der Waals surface area (Å²) in [6.45, 7) is 3.70. The van der Waals surface area contributed by atoms with E-state index in [0.29, 0.717) is 12.4 Å². The topological polar surface area (TPSA) is 26.3 Å². The molecule has 0 spiro atoms. The summed E-state index contributed by atoms with van der Waals surface area (Å²) in [5.74, 6) is 0.658. The van der Waals surface area contributed by atoms with Crippen molar-refractivity contribution >= 4 is 5.78 Å². The van der Waals surface area contributed by atoms with E-state index in [4.69, 9.17) is 4.74 Å². The Balaban J connectivity index is 1.88. The van der Waals surface area contributed by atoms with Crippen molar-refractivity contribution in [1.82, 2.24) is 0 Å². The third kappa shape index (κ3) is 5.64. The van der Waals surface area contributed by atoms with E-state index in [1.54, 1.807) is 0 Å².